The Morgan fingerprint density at radius 2 is 1.94 bits per heavy atom. The molecule has 1 aromatic rings. The standard InChI is InChI=1S/C27H40N4O4/c1-8-11-16-29-24(32)23(21-14-12-13-20(10-3)18-21)31(17-15-28)25(33)22(19(4)9-2)30-26(34)35-27(5,6)7/h10,12-14,18-19,22-23H,3,8-9,11,16-17H2,1-2,4-7H3,(H,29,32)(H,30,34). The topological polar surface area (TPSA) is 112 Å². The van der Waals surface area contributed by atoms with Crippen LogP contribution in [-0.4, -0.2) is 47.5 Å². The first-order valence-corrected chi connectivity index (χ1v) is 12.2. The van der Waals surface area contributed by atoms with Crippen molar-refractivity contribution in [2.45, 2.75) is 78.5 Å². The number of nitriles is 1. The van der Waals surface area contributed by atoms with E-state index in [2.05, 4.69) is 17.2 Å². The maximum atomic E-state index is 13.8. The Balaban J connectivity index is 3.47. The van der Waals surface area contributed by atoms with E-state index >= 15 is 0 Å². The van der Waals surface area contributed by atoms with Gasteiger partial charge in [0, 0.05) is 6.54 Å². The van der Waals surface area contributed by atoms with E-state index in [1.54, 1.807) is 45.0 Å². The monoisotopic (exact) mass is 484 g/mol. The SMILES string of the molecule is C=Cc1cccc(C(C(=O)NCCCC)N(CC#N)C(=O)C(NC(=O)OC(C)(C)C)C(C)CC)c1. The summed E-state index contributed by atoms with van der Waals surface area (Å²) in [4.78, 5) is 41.0. The van der Waals surface area contributed by atoms with Gasteiger partial charge in [-0.1, -0.05) is 64.5 Å². The molecule has 0 aliphatic heterocycles. The smallest absolute Gasteiger partial charge is 0.408 e. The molecule has 0 bridgehead atoms. The number of unbranched alkanes of at least 4 members (excludes halogenated alkanes) is 1. The highest BCUT2D eigenvalue weighted by Crippen LogP contribution is 2.25. The summed E-state index contributed by atoms with van der Waals surface area (Å²) >= 11 is 0. The third kappa shape index (κ3) is 9.44. The molecular weight excluding hydrogens is 444 g/mol. The van der Waals surface area contributed by atoms with E-state index in [0.29, 0.717) is 18.5 Å². The normalized spacial score (nSPS) is 13.5. The molecule has 8 nitrogen and oxygen atoms in total. The minimum Gasteiger partial charge on any atom is -0.444 e. The number of alkyl carbamates (subject to hydrolysis) is 1. The molecule has 35 heavy (non-hydrogen) atoms. The Bertz CT molecular complexity index is 916. The van der Waals surface area contributed by atoms with Gasteiger partial charge in [-0.05, 0) is 50.3 Å². The third-order valence-corrected chi connectivity index (χ3v) is 5.53. The number of amides is 3. The van der Waals surface area contributed by atoms with Crippen LogP contribution < -0.4 is 10.6 Å². The van der Waals surface area contributed by atoms with Crippen LogP contribution >= 0.6 is 0 Å². The number of ether oxygens (including phenoxy) is 1. The van der Waals surface area contributed by atoms with Crippen LogP contribution in [0.25, 0.3) is 6.08 Å². The molecule has 0 aromatic heterocycles. The van der Waals surface area contributed by atoms with Gasteiger partial charge in [0.25, 0.3) is 0 Å². The lowest BCUT2D eigenvalue weighted by Crippen LogP contribution is -2.55. The van der Waals surface area contributed by atoms with Gasteiger partial charge in [-0.15, -0.1) is 0 Å². The first-order chi connectivity index (χ1) is 16.5. The van der Waals surface area contributed by atoms with Crippen LogP contribution in [0.3, 0.4) is 0 Å². The largest absolute Gasteiger partial charge is 0.444 e. The molecule has 192 valence electrons. The first-order valence-electron chi connectivity index (χ1n) is 12.2. The fourth-order valence-corrected chi connectivity index (χ4v) is 3.48. The summed E-state index contributed by atoms with van der Waals surface area (Å²) in [5, 5.41) is 15.1. The second-order valence-corrected chi connectivity index (χ2v) is 9.56. The van der Waals surface area contributed by atoms with Crippen LogP contribution in [0, 0.1) is 17.2 Å². The van der Waals surface area contributed by atoms with Crippen LogP contribution in [-0.2, 0) is 14.3 Å². The van der Waals surface area contributed by atoms with E-state index in [0.717, 1.165) is 18.4 Å². The Kier molecular flexibility index (Phi) is 12.0. The number of rotatable bonds is 12. The van der Waals surface area contributed by atoms with Crippen molar-refractivity contribution < 1.29 is 19.1 Å². The summed E-state index contributed by atoms with van der Waals surface area (Å²) in [6.07, 6.45) is 3.19. The Morgan fingerprint density at radius 3 is 2.49 bits per heavy atom. The van der Waals surface area contributed by atoms with Gasteiger partial charge in [-0.25, -0.2) is 4.79 Å². The summed E-state index contributed by atoms with van der Waals surface area (Å²) < 4.78 is 5.36. The van der Waals surface area contributed by atoms with Gasteiger partial charge < -0.3 is 20.3 Å². The molecule has 0 spiro atoms. The van der Waals surface area contributed by atoms with E-state index in [1.807, 2.05) is 32.9 Å². The minimum atomic E-state index is -1.05. The zero-order valence-corrected chi connectivity index (χ0v) is 21.9. The maximum Gasteiger partial charge on any atom is 0.408 e. The Labute approximate surface area is 209 Å². The zero-order chi connectivity index (χ0) is 26.6. The predicted molar refractivity (Wildman–Crippen MR) is 137 cm³/mol. The molecule has 0 saturated carbocycles. The number of hydrogen-bond acceptors (Lipinski definition) is 5. The van der Waals surface area contributed by atoms with Gasteiger partial charge in [0.05, 0.1) is 6.07 Å². The van der Waals surface area contributed by atoms with Gasteiger partial charge in [-0.3, -0.25) is 9.59 Å². The molecule has 3 amide bonds. The highest BCUT2D eigenvalue weighted by Gasteiger charge is 2.38. The first kappa shape index (κ1) is 29.7. The van der Waals surface area contributed by atoms with Crippen LogP contribution in [0.5, 0.6) is 0 Å². The van der Waals surface area contributed by atoms with Gasteiger partial charge in [0.2, 0.25) is 11.8 Å². The highest BCUT2D eigenvalue weighted by molar-refractivity contribution is 5.92. The molecule has 0 aliphatic rings. The summed E-state index contributed by atoms with van der Waals surface area (Å²) in [6.45, 7) is 14.9. The molecule has 8 heteroatoms. The van der Waals surface area contributed by atoms with Crippen molar-refractivity contribution in [3.63, 3.8) is 0 Å². The number of carbonyl (C=O) groups excluding carboxylic acids is 3. The number of benzene rings is 1. The van der Waals surface area contributed by atoms with Gasteiger partial charge in [-0.2, -0.15) is 5.26 Å². The number of nitrogens with one attached hydrogen (secondary N) is 2. The van der Waals surface area contributed by atoms with E-state index in [9.17, 15) is 19.6 Å². The lowest BCUT2D eigenvalue weighted by atomic mass is 9.95. The number of nitrogens with zero attached hydrogens (tertiary/aromatic N) is 2. The molecule has 3 unspecified atom stereocenters. The molecule has 1 rings (SSSR count). The van der Waals surface area contributed by atoms with Crippen molar-refractivity contribution in [3.8, 4) is 6.07 Å². The second kappa shape index (κ2) is 14.1. The van der Waals surface area contributed by atoms with Crippen molar-refractivity contribution in [2.75, 3.05) is 13.1 Å². The molecule has 0 saturated heterocycles. The lowest BCUT2D eigenvalue weighted by Gasteiger charge is -2.34. The summed E-state index contributed by atoms with van der Waals surface area (Å²) in [7, 11) is 0. The Hall–Kier alpha value is -3.34. The van der Waals surface area contributed by atoms with Crippen LogP contribution in [0.1, 0.15) is 78.0 Å². The molecule has 0 aliphatic carbocycles. The van der Waals surface area contributed by atoms with Gasteiger partial charge >= 0.3 is 6.09 Å². The molecule has 0 radical (unpaired) electrons. The van der Waals surface area contributed by atoms with Gasteiger partial charge in [0.15, 0.2) is 0 Å². The van der Waals surface area contributed by atoms with E-state index in [1.165, 1.54) is 4.90 Å². The fourth-order valence-electron chi connectivity index (χ4n) is 3.48. The zero-order valence-electron chi connectivity index (χ0n) is 21.9. The maximum absolute atomic E-state index is 13.8. The highest BCUT2D eigenvalue weighted by atomic mass is 16.6. The number of hydrogen-bond donors (Lipinski definition) is 2. The van der Waals surface area contributed by atoms with Crippen molar-refractivity contribution in [3.05, 3.63) is 42.0 Å². The number of carbonyl (C=O) groups is 3. The Morgan fingerprint density at radius 1 is 1.26 bits per heavy atom. The molecule has 0 heterocycles. The molecular formula is C27H40N4O4. The van der Waals surface area contributed by atoms with E-state index in [-0.39, 0.29) is 18.4 Å². The lowest BCUT2D eigenvalue weighted by molar-refractivity contribution is -0.142. The molecule has 1 aromatic carbocycles. The second-order valence-electron chi connectivity index (χ2n) is 9.56. The fraction of sp³-hybridized carbons (Fsp3) is 0.556. The van der Waals surface area contributed by atoms with Crippen LogP contribution in [0.2, 0.25) is 0 Å². The van der Waals surface area contributed by atoms with Crippen molar-refractivity contribution >= 4 is 24.0 Å². The molecule has 0 fully saturated rings. The molecule has 2 N–H and O–H groups in total. The summed E-state index contributed by atoms with van der Waals surface area (Å²) in [6, 6.07) is 7.12. The van der Waals surface area contributed by atoms with Gasteiger partial charge in [0.1, 0.15) is 24.2 Å². The van der Waals surface area contributed by atoms with Crippen molar-refractivity contribution in [2.24, 2.45) is 5.92 Å². The minimum absolute atomic E-state index is 0.264. The van der Waals surface area contributed by atoms with Crippen molar-refractivity contribution in [1.82, 2.24) is 15.5 Å². The van der Waals surface area contributed by atoms with Crippen LogP contribution in [0.15, 0.2) is 30.8 Å². The average Bonchev–Trinajstić information content (AvgIpc) is 2.80. The third-order valence-electron chi connectivity index (χ3n) is 5.53. The van der Waals surface area contributed by atoms with Crippen molar-refractivity contribution in [1.29, 1.82) is 5.26 Å². The van der Waals surface area contributed by atoms with Crippen LogP contribution in [0.4, 0.5) is 4.79 Å². The van der Waals surface area contributed by atoms with E-state index < -0.39 is 29.7 Å². The quantitative estimate of drug-likeness (QED) is 0.333. The van der Waals surface area contributed by atoms with E-state index in [4.69, 9.17) is 4.74 Å². The summed E-state index contributed by atoms with van der Waals surface area (Å²) in [5.41, 5.74) is 0.593. The summed E-state index contributed by atoms with van der Waals surface area (Å²) in [5.74, 6) is -1.17. The predicted octanol–water partition coefficient (Wildman–Crippen LogP) is 4.58. The average molecular weight is 485 g/mol. The molecule has 3 atom stereocenters.